The van der Waals surface area contributed by atoms with E-state index in [2.05, 4.69) is 250 Å². The molecule has 16 nitrogen and oxygen atoms in total. The number of aryl methyl sites for hydroxylation is 8. The molecule has 0 saturated heterocycles. The first-order valence-corrected chi connectivity index (χ1v) is 40.0. The Morgan fingerprint density at radius 2 is 0.385 bits per heavy atom. The summed E-state index contributed by atoms with van der Waals surface area (Å²) in [5.41, 5.74) is 37.6. The fraction of sp³-hybridized carbons (Fsp3) is 0.0769. The maximum absolute atomic E-state index is 5.37. The molecular formula is C104H72CeEuN16-2. The number of hydrogen-bond acceptors (Lipinski definition) is 10. The largest absolute Gasteiger partial charge is 4.00 e. The van der Waals surface area contributed by atoms with Gasteiger partial charge in [0.1, 0.15) is 0 Å². The van der Waals surface area contributed by atoms with Crippen molar-refractivity contribution in [1.82, 2.24) is 79.7 Å². The maximum atomic E-state index is 5.37. The second kappa shape index (κ2) is 32.7. The third-order valence-electron chi connectivity index (χ3n) is 22.9. The quantitative estimate of drug-likeness (QED) is 0.160. The summed E-state index contributed by atoms with van der Waals surface area (Å²) in [6.07, 6.45) is 16.7. The van der Waals surface area contributed by atoms with Crippen LogP contribution in [0.5, 0.6) is 0 Å². The van der Waals surface area contributed by atoms with Gasteiger partial charge in [-0.1, -0.05) is 265 Å². The summed E-state index contributed by atoms with van der Waals surface area (Å²) < 4.78 is 0. The van der Waals surface area contributed by atoms with Crippen molar-refractivity contribution in [1.29, 1.82) is 0 Å². The van der Waals surface area contributed by atoms with Gasteiger partial charge in [0.25, 0.3) is 0 Å². The van der Waals surface area contributed by atoms with E-state index in [0.29, 0.717) is 45.9 Å². The van der Waals surface area contributed by atoms with Gasteiger partial charge in [-0.2, -0.15) is 0 Å². The Morgan fingerprint density at radius 1 is 0.189 bits per heavy atom. The first kappa shape index (κ1) is 79.1. The molecule has 15 heterocycles. The molecule has 0 fully saturated rings. The van der Waals surface area contributed by atoms with E-state index in [1.54, 1.807) is 0 Å². The molecule has 0 saturated carbocycles. The van der Waals surface area contributed by atoms with Crippen LogP contribution in [0.4, 0.5) is 0 Å². The van der Waals surface area contributed by atoms with Gasteiger partial charge in [-0.25, -0.2) is 29.9 Å². The molecule has 8 aromatic carbocycles. The Morgan fingerprint density at radius 3 is 0.623 bits per heavy atom. The zero-order chi connectivity index (χ0) is 81.0. The number of benzene rings is 8. The normalized spacial score (nSPS) is 12.0. The molecule has 24 bridgehead atoms. The van der Waals surface area contributed by atoms with E-state index < -0.39 is 0 Å². The minimum atomic E-state index is 0. The molecule has 1 radical (unpaired) electrons. The number of rotatable bonds is 4. The predicted molar refractivity (Wildman–Crippen MR) is 487 cm³/mol. The number of nitrogens with zero attached hydrogens (tertiary/aromatic N) is 16. The minimum absolute atomic E-state index is 0. The van der Waals surface area contributed by atoms with Crippen molar-refractivity contribution in [2.24, 2.45) is 0 Å². The van der Waals surface area contributed by atoms with Crippen LogP contribution >= 0.6 is 0 Å². The molecule has 9 aromatic heterocycles. The van der Waals surface area contributed by atoms with E-state index >= 15 is 0 Å². The van der Waals surface area contributed by atoms with Crippen LogP contribution in [-0.2, 0) is 0 Å². The standard InChI is InChI=1S/C48H36N4.C32H16N8.C24H20N4.Ce.Eu/c1-29-5-13-33(14-6-29)45-37-21-23-39(49-37)46(34-15-7-30(2)8-16-34)41-25-27-43(51-41)48(36-19-11-32(4)12-20-36)44-28-26-42(52-44)47(40-24-22-38(45)50-40)35-17-9-31(3)10-18-35;1-2-10-18-17(9-1)25-33-26(18)38-28-21-13-5-6-14-22(21)30(35-28)40-32-24-16-8-7-15-23(24)31(36-32)39-29-20-12-4-3-11-19(20)27(34-29)37-25;1-13-17-5-7-19(25-17)14(2)21-9-11-23(27-21)16(4)24-12-10-22(28-24)15(3)20-8-6-18(13)26-20;;/h5-28H,1-4H3;1-16H;5-12H,1-4H3;;/q3*-2;+4;. The SMILES string of the molecule is Cc1c2nc(c(C)c3ccc([n-]3)c(C)c3nc(c(C)c4ccc1[n-]4)C=C3)C=C2.Cc1ccc(-c2c3nc(c(-c4ccc(C)cc4)c4ccc([n-]4)c(-c4ccc(C)cc4)c4nc(c(-c5ccc(C)cc5)c5ccc2[n-]5)C=C4)C=C3)cc1.[Ce+4].[Eu].c1ccc2c(c1)-c1nc-2nc2[n-]c(nc3nc(nc4[n-]c(n1)c1ccccc41)-c1ccccc1-3)c1ccccc21. The summed E-state index contributed by atoms with van der Waals surface area (Å²) >= 11 is 0. The average Bonchev–Trinajstić information content (AvgIpc) is 1.60. The zero-order valence-corrected chi connectivity index (χ0v) is 73.3. The molecule has 17 aromatic rings. The molecule has 0 aliphatic carbocycles. The van der Waals surface area contributed by atoms with Crippen molar-refractivity contribution in [2.45, 2.75) is 55.4 Å². The van der Waals surface area contributed by atoms with Crippen molar-refractivity contribution in [3.63, 3.8) is 0 Å². The summed E-state index contributed by atoms with van der Waals surface area (Å²) in [5.74, 6) is 2.21. The van der Waals surface area contributed by atoms with Crippen LogP contribution in [0.25, 0.3) is 227 Å². The molecule has 23 rings (SSSR count). The number of aromatic nitrogens is 16. The van der Waals surface area contributed by atoms with Gasteiger partial charge in [-0.3, -0.25) is 0 Å². The topological polar surface area (TPSA) is 214 Å². The van der Waals surface area contributed by atoms with Crippen LogP contribution in [0.3, 0.4) is 0 Å². The van der Waals surface area contributed by atoms with Crippen LogP contribution < -0.4 is 29.9 Å². The summed E-state index contributed by atoms with van der Waals surface area (Å²) in [5, 5.41) is 3.57. The van der Waals surface area contributed by atoms with E-state index in [-0.39, 0.29) is 91.1 Å². The van der Waals surface area contributed by atoms with Crippen LogP contribution in [-0.4, -0.2) is 49.8 Å². The molecule has 6 aliphatic rings. The monoisotopic (exact) mass is 1840 g/mol. The Labute approximate surface area is 777 Å². The zero-order valence-electron chi connectivity index (χ0n) is 67.7. The summed E-state index contributed by atoms with van der Waals surface area (Å²) in [6.45, 7) is 16.7. The fourth-order valence-corrected chi connectivity index (χ4v) is 16.3. The second-order valence-electron chi connectivity index (χ2n) is 30.9. The van der Waals surface area contributed by atoms with Gasteiger partial charge in [0.05, 0.1) is 68.8 Å². The first-order chi connectivity index (χ1) is 58.7. The molecule has 0 amide bonds. The number of fused-ring (bicyclic) bond motifs is 36. The molecular weight excluding hydrogens is 1770 g/mol. The Balaban J connectivity index is 0.000000125. The summed E-state index contributed by atoms with van der Waals surface area (Å²) in [6, 6.07) is 83.1. The van der Waals surface area contributed by atoms with Crippen molar-refractivity contribution in [3.8, 4) is 90.1 Å². The second-order valence-corrected chi connectivity index (χ2v) is 30.9. The molecule has 0 atom stereocenters. The van der Waals surface area contributed by atoms with E-state index in [4.69, 9.17) is 79.7 Å². The van der Waals surface area contributed by atoms with Crippen molar-refractivity contribution in [3.05, 3.63) is 333 Å². The Hall–Kier alpha value is -12.7. The predicted octanol–water partition coefficient (Wildman–Crippen LogP) is 23.1. The van der Waals surface area contributed by atoms with Gasteiger partial charge in [-0.15, -0.1) is 44.1 Å². The third kappa shape index (κ3) is 14.7. The van der Waals surface area contributed by atoms with Gasteiger partial charge < -0.3 is 49.8 Å². The van der Waals surface area contributed by atoms with Crippen molar-refractivity contribution < 1.29 is 91.1 Å². The van der Waals surface area contributed by atoms with Crippen molar-refractivity contribution in [2.75, 3.05) is 0 Å². The van der Waals surface area contributed by atoms with Crippen LogP contribution in [0.1, 0.15) is 90.1 Å². The summed E-state index contributed by atoms with van der Waals surface area (Å²) in [7, 11) is 0. The molecule has 581 valence electrons. The van der Waals surface area contributed by atoms with E-state index in [0.717, 1.165) is 200 Å². The van der Waals surface area contributed by atoms with Crippen LogP contribution in [0.15, 0.2) is 243 Å². The summed E-state index contributed by atoms with van der Waals surface area (Å²) in [4.78, 5) is 80.1. The van der Waals surface area contributed by atoms with Crippen LogP contribution in [0, 0.1) is 147 Å². The molecule has 0 unspecified atom stereocenters. The van der Waals surface area contributed by atoms with E-state index in [1.807, 2.05) is 97.1 Å². The molecule has 0 spiro atoms. The fourth-order valence-electron chi connectivity index (χ4n) is 16.3. The van der Waals surface area contributed by atoms with Gasteiger partial charge in [-0.05, 0) is 192 Å². The van der Waals surface area contributed by atoms with Gasteiger partial charge in [0.2, 0.25) is 0 Å². The van der Waals surface area contributed by atoms with E-state index in [1.165, 1.54) is 22.3 Å². The first-order valence-electron chi connectivity index (χ1n) is 40.0. The third-order valence-corrected chi connectivity index (χ3v) is 22.9. The molecule has 18 heteroatoms. The Kier molecular flexibility index (Phi) is 21.2. The Bertz CT molecular complexity index is 6970. The van der Waals surface area contributed by atoms with Crippen LogP contribution in [0.2, 0.25) is 0 Å². The van der Waals surface area contributed by atoms with Gasteiger partial charge >= 0.3 is 41.7 Å². The van der Waals surface area contributed by atoms with E-state index in [9.17, 15) is 0 Å². The van der Waals surface area contributed by atoms with Crippen molar-refractivity contribution >= 4 is 137 Å². The maximum Gasteiger partial charge on any atom is 4.00 e. The molecule has 6 aliphatic heterocycles. The number of hydrogen-bond donors (Lipinski definition) is 0. The van der Waals surface area contributed by atoms with Gasteiger partial charge in [0.15, 0.2) is 0 Å². The minimum Gasteiger partial charge on any atom is -0.657 e. The molecule has 0 N–H and O–H groups in total. The van der Waals surface area contributed by atoms with Gasteiger partial charge in [0, 0.05) is 94.2 Å². The smallest absolute Gasteiger partial charge is 0.657 e. The molecule has 122 heavy (non-hydrogen) atoms. The average molecular weight is 1840 g/mol.